The molecule has 1 aliphatic rings. The lowest BCUT2D eigenvalue weighted by Crippen LogP contribution is -2.62. The Morgan fingerprint density at radius 3 is 2.61 bits per heavy atom. The molecule has 0 spiro atoms. The number of carbonyl (C=O) groups excluding carboxylic acids is 1. The van der Waals surface area contributed by atoms with E-state index in [9.17, 15) is 9.59 Å². The summed E-state index contributed by atoms with van der Waals surface area (Å²) >= 11 is 0. The van der Waals surface area contributed by atoms with E-state index in [1.807, 2.05) is 0 Å². The molecule has 1 aliphatic heterocycles. The highest BCUT2D eigenvalue weighted by molar-refractivity contribution is 5.90. The molecule has 1 fully saturated rings. The highest BCUT2D eigenvalue weighted by Crippen LogP contribution is 2.22. The number of aromatic carboxylic acids is 1. The summed E-state index contributed by atoms with van der Waals surface area (Å²) in [6, 6.07) is 0. The van der Waals surface area contributed by atoms with Crippen LogP contribution in [0.1, 0.15) is 24.2 Å². The molecule has 2 rings (SSSR count). The lowest BCUT2D eigenvalue weighted by Gasteiger charge is -2.41. The minimum absolute atomic E-state index is 0.0259. The molecule has 96 valence electrons. The lowest BCUT2D eigenvalue weighted by molar-refractivity contribution is -0.126. The van der Waals surface area contributed by atoms with Crippen molar-refractivity contribution < 1.29 is 14.7 Å². The number of hydrogen-bond acceptors (Lipinski definition) is 5. The Labute approximate surface area is 104 Å². The molecule has 1 saturated heterocycles. The van der Waals surface area contributed by atoms with Crippen LogP contribution in [0, 0.1) is 0 Å². The van der Waals surface area contributed by atoms with E-state index >= 15 is 0 Å². The molecule has 18 heavy (non-hydrogen) atoms. The van der Waals surface area contributed by atoms with Crippen LogP contribution in [-0.2, 0) is 4.79 Å². The van der Waals surface area contributed by atoms with Gasteiger partial charge in [0.05, 0.1) is 5.56 Å². The fourth-order valence-corrected chi connectivity index (χ4v) is 1.82. The Morgan fingerprint density at radius 1 is 1.44 bits per heavy atom. The van der Waals surface area contributed by atoms with Crippen LogP contribution in [0.25, 0.3) is 0 Å². The van der Waals surface area contributed by atoms with Gasteiger partial charge in [0.15, 0.2) is 0 Å². The molecule has 0 aliphatic carbocycles. The zero-order valence-corrected chi connectivity index (χ0v) is 10.2. The maximum Gasteiger partial charge on any atom is 0.338 e. The molecule has 1 aromatic rings. The topological polar surface area (TPSA) is 95.4 Å². The van der Waals surface area contributed by atoms with Gasteiger partial charge in [-0.05, 0) is 13.8 Å². The highest BCUT2D eigenvalue weighted by atomic mass is 16.4. The van der Waals surface area contributed by atoms with Crippen LogP contribution in [0.4, 0.5) is 5.95 Å². The molecule has 2 N–H and O–H groups in total. The van der Waals surface area contributed by atoms with Gasteiger partial charge >= 0.3 is 5.97 Å². The number of hydrogen-bond donors (Lipinski definition) is 2. The molecule has 7 heteroatoms. The molecule has 1 amide bonds. The van der Waals surface area contributed by atoms with Crippen molar-refractivity contribution in [2.75, 3.05) is 18.0 Å². The molecule has 7 nitrogen and oxygen atoms in total. The second-order valence-electron chi connectivity index (χ2n) is 4.54. The minimum Gasteiger partial charge on any atom is -0.478 e. The predicted molar refractivity (Wildman–Crippen MR) is 63.4 cm³/mol. The number of piperazine rings is 1. The van der Waals surface area contributed by atoms with E-state index in [2.05, 4.69) is 15.3 Å². The summed E-state index contributed by atoms with van der Waals surface area (Å²) < 4.78 is 0. The van der Waals surface area contributed by atoms with Crippen LogP contribution in [0.5, 0.6) is 0 Å². The van der Waals surface area contributed by atoms with Gasteiger partial charge in [0.25, 0.3) is 0 Å². The Balaban J connectivity index is 2.30. The monoisotopic (exact) mass is 250 g/mol. The summed E-state index contributed by atoms with van der Waals surface area (Å²) in [7, 11) is 0. The second-order valence-corrected chi connectivity index (χ2v) is 4.54. The van der Waals surface area contributed by atoms with E-state index in [0.717, 1.165) is 0 Å². The van der Waals surface area contributed by atoms with Gasteiger partial charge in [-0.3, -0.25) is 4.79 Å². The number of aromatic nitrogens is 2. The molecule has 2 heterocycles. The number of amides is 1. The number of carboxylic acids is 1. The van der Waals surface area contributed by atoms with Gasteiger partial charge in [-0.25, -0.2) is 14.8 Å². The molecule has 0 bridgehead atoms. The molecule has 0 radical (unpaired) electrons. The number of nitrogens with zero attached hydrogens (tertiary/aromatic N) is 3. The summed E-state index contributed by atoms with van der Waals surface area (Å²) in [6.07, 6.45) is 2.49. The Hall–Kier alpha value is -2.18. The van der Waals surface area contributed by atoms with Gasteiger partial charge in [-0.2, -0.15) is 0 Å². The van der Waals surface area contributed by atoms with Gasteiger partial charge in [0.1, 0.15) is 5.54 Å². The fraction of sp³-hybridized carbons (Fsp3) is 0.455. The summed E-state index contributed by atoms with van der Waals surface area (Å²) in [5.74, 6) is -0.809. The van der Waals surface area contributed by atoms with E-state index in [-0.39, 0.29) is 11.5 Å². The molecule has 0 atom stereocenters. The average Bonchev–Trinajstić information content (AvgIpc) is 2.33. The molecule has 0 aromatic carbocycles. The van der Waals surface area contributed by atoms with Gasteiger partial charge in [-0.15, -0.1) is 0 Å². The highest BCUT2D eigenvalue weighted by Gasteiger charge is 2.39. The third-order valence-corrected chi connectivity index (χ3v) is 2.98. The maximum absolute atomic E-state index is 11.8. The standard InChI is InChI=1S/C11H14N4O3/c1-11(2)9(18)12-3-4-15(11)10-13-5-7(6-14-10)8(16)17/h5-6H,3-4H2,1-2H3,(H,12,18)(H,16,17). The number of nitrogens with one attached hydrogen (secondary N) is 1. The van der Waals surface area contributed by atoms with Crippen molar-refractivity contribution in [3.63, 3.8) is 0 Å². The minimum atomic E-state index is -1.07. The summed E-state index contributed by atoms with van der Waals surface area (Å²) in [4.78, 5) is 32.3. The fourth-order valence-electron chi connectivity index (χ4n) is 1.82. The van der Waals surface area contributed by atoms with E-state index in [1.54, 1.807) is 18.7 Å². The third-order valence-electron chi connectivity index (χ3n) is 2.98. The van der Waals surface area contributed by atoms with Crippen molar-refractivity contribution in [1.82, 2.24) is 15.3 Å². The number of carbonyl (C=O) groups is 2. The van der Waals surface area contributed by atoms with E-state index in [1.165, 1.54) is 12.4 Å². The Bertz CT molecular complexity index is 484. The second kappa shape index (κ2) is 4.25. The first-order valence-electron chi connectivity index (χ1n) is 5.54. The van der Waals surface area contributed by atoms with E-state index in [0.29, 0.717) is 19.0 Å². The molecule has 0 unspecified atom stereocenters. The molecule has 1 aromatic heterocycles. The van der Waals surface area contributed by atoms with E-state index < -0.39 is 11.5 Å². The number of rotatable bonds is 2. The average molecular weight is 250 g/mol. The van der Waals surface area contributed by atoms with Gasteiger partial charge in [0, 0.05) is 25.5 Å². The first-order chi connectivity index (χ1) is 8.43. The van der Waals surface area contributed by atoms with Crippen molar-refractivity contribution in [2.45, 2.75) is 19.4 Å². The third kappa shape index (κ3) is 1.99. The number of anilines is 1. The first-order valence-corrected chi connectivity index (χ1v) is 5.54. The zero-order chi connectivity index (χ0) is 13.3. The van der Waals surface area contributed by atoms with Crippen LogP contribution in [0.2, 0.25) is 0 Å². The SMILES string of the molecule is CC1(C)C(=O)NCCN1c1ncc(C(=O)O)cn1. The van der Waals surface area contributed by atoms with Crippen LogP contribution in [0.3, 0.4) is 0 Å². The van der Waals surface area contributed by atoms with Crippen LogP contribution in [-0.4, -0.2) is 45.6 Å². The lowest BCUT2D eigenvalue weighted by atomic mass is 9.99. The number of carboxylic acid groups (broad SMARTS) is 1. The zero-order valence-electron chi connectivity index (χ0n) is 10.2. The van der Waals surface area contributed by atoms with E-state index in [4.69, 9.17) is 5.11 Å². The first kappa shape index (κ1) is 12.3. The Kier molecular flexibility index (Phi) is 2.90. The molecular weight excluding hydrogens is 236 g/mol. The summed E-state index contributed by atoms with van der Waals surface area (Å²) in [6.45, 7) is 4.66. The maximum atomic E-state index is 11.8. The summed E-state index contributed by atoms with van der Waals surface area (Å²) in [5.41, 5.74) is -0.721. The van der Waals surface area contributed by atoms with Crippen molar-refractivity contribution in [1.29, 1.82) is 0 Å². The van der Waals surface area contributed by atoms with Crippen molar-refractivity contribution in [3.8, 4) is 0 Å². The molecule has 0 saturated carbocycles. The largest absolute Gasteiger partial charge is 0.478 e. The molecular formula is C11H14N4O3. The van der Waals surface area contributed by atoms with Crippen LogP contribution in [0.15, 0.2) is 12.4 Å². The van der Waals surface area contributed by atoms with Gasteiger partial charge in [0.2, 0.25) is 11.9 Å². The van der Waals surface area contributed by atoms with Crippen molar-refractivity contribution in [3.05, 3.63) is 18.0 Å². The van der Waals surface area contributed by atoms with Crippen molar-refractivity contribution in [2.24, 2.45) is 0 Å². The Morgan fingerprint density at radius 2 is 2.06 bits per heavy atom. The van der Waals surface area contributed by atoms with Crippen LogP contribution < -0.4 is 10.2 Å². The van der Waals surface area contributed by atoms with Crippen molar-refractivity contribution >= 4 is 17.8 Å². The smallest absolute Gasteiger partial charge is 0.338 e. The van der Waals surface area contributed by atoms with Gasteiger partial charge in [-0.1, -0.05) is 0 Å². The van der Waals surface area contributed by atoms with Crippen LogP contribution >= 0.6 is 0 Å². The summed E-state index contributed by atoms with van der Waals surface area (Å²) in [5, 5.41) is 11.5. The normalized spacial score (nSPS) is 18.3. The quantitative estimate of drug-likeness (QED) is 0.760. The van der Waals surface area contributed by atoms with Gasteiger partial charge < -0.3 is 15.3 Å². The predicted octanol–water partition coefficient (Wildman–Crippen LogP) is -0.110.